The van der Waals surface area contributed by atoms with Crippen LogP contribution < -0.4 is 5.69 Å². The van der Waals surface area contributed by atoms with Gasteiger partial charge in [0.1, 0.15) is 0 Å². The van der Waals surface area contributed by atoms with Crippen molar-refractivity contribution in [1.29, 1.82) is 0 Å². The van der Waals surface area contributed by atoms with Gasteiger partial charge >= 0.3 is 5.69 Å². The number of aryl methyl sites for hydroxylation is 1. The van der Waals surface area contributed by atoms with Crippen LogP contribution in [0.5, 0.6) is 0 Å². The van der Waals surface area contributed by atoms with Crippen LogP contribution in [0.4, 0.5) is 0 Å². The van der Waals surface area contributed by atoms with Crippen LogP contribution in [0.15, 0.2) is 50.8 Å². The molecule has 2 aromatic rings. The Kier molecular flexibility index (Phi) is 4.02. The Morgan fingerprint density at radius 2 is 2.29 bits per heavy atom. The van der Waals surface area contributed by atoms with Gasteiger partial charge < -0.3 is 0 Å². The number of nitrogens with zero attached hydrogens (tertiary/aromatic N) is 2. The molecule has 0 fully saturated rings. The summed E-state index contributed by atoms with van der Waals surface area (Å²) in [5.74, 6) is 0.564. The standard InChI is InChI=1S/C12H11BrN2OS/c1-9-3-2-4-11(5-9)17-8-15-7-10(13)6-14-12(15)16/h2-7H,8H2,1H3. The Morgan fingerprint density at radius 1 is 1.47 bits per heavy atom. The van der Waals surface area contributed by atoms with Gasteiger partial charge in [-0.3, -0.25) is 4.57 Å². The van der Waals surface area contributed by atoms with Crippen LogP contribution >= 0.6 is 27.7 Å². The summed E-state index contributed by atoms with van der Waals surface area (Å²) < 4.78 is 2.39. The molecule has 0 amide bonds. The second-order valence-corrected chi connectivity index (χ2v) is 5.55. The zero-order valence-corrected chi connectivity index (χ0v) is 11.7. The number of hydrogen-bond donors (Lipinski definition) is 0. The summed E-state index contributed by atoms with van der Waals surface area (Å²) in [6, 6.07) is 8.20. The van der Waals surface area contributed by atoms with Gasteiger partial charge in [0.05, 0.1) is 10.3 Å². The first kappa shape index (κ1) is 12.4. The van der Waals surface area contributed by atoms with Gasteiger partial charge in [-0.25, -0.2) is 9.78 Å². The van der Waals surface area contributed by atoms with Gasteiger partial charge in [-0.15, -0.1) is 11.8 Å². The molecular weight excluding hydrogens is 300 g/mol. The molecule has 0 N–H and O–H groups in total. The van der Waals surface area contributed by atoms with E-state index in [1.165, 1.54) is 11.8 Å². The summed E-state index contributed by atoms with van der Waals surface area (Å²) in [4.78, 5) is 16.4. The van der Waals surface area contributed by atoms with Crippen molar-refractivity contribution >= 4 is 27.7 Å². The first-order valence-electron chi connectivity index (χ1n) is 5.06. The minimum atomic E-state index is -0.228. The van der Waals surface area contributed by atoms with Crippen molar-refractivity contribution in [3.63, 3.8) is 0 Å². The van der Waals surface area contributed by atoms with Crippen LogP contribution in [0.3, 0.4) is 0 Å². The minimum Gasteiger partial charge on any atom is -0.288 e. The Hall–Kier alpha value is -1.07. The smallest absolute Gasteiger partial charge is 0.288 e. The Balaban J connectivity index is 2.12. The van der Waals surface area contributed by atoms with E-state index < -0.39 is 0 Å². The zero-order chi connectivity index (χ0) is 12.3. The predicted octanol–water partition coefficient (Wildman–Crippen LogP) is 3.06. The number of hydrogen-bond acceptors (Lipinski definition) is 3. The van der Waals surface area contributed by atoms with Crippen LogP contribution in [0, 0.1) is 6.92 Å². The predicted molar refractivity (Wildman–Crippen MR) is 73.2 cm³/mol. The lowest BCUT2D eigenvalue weighted by Gasteiger charge is -2.05. The lowest BCUT2D eigenvalue weighted by atomic mass is 10.2. The van der Waals surface area contributed by atoms with Gasteiger partial charge in [-0.05, 0) is 35.0 Å². The molecule has 0 saturated heterocycles. The number of benzene rings is 1. The molecule has 0 aliphatic heterocycles. The van der Waals surface area contributed by atoms with Crippen LogP contribution in [-0.2, 0) is 5.88 Å². The SMILES string of the molecule is Cc1cccc(SCn2cc(Br)cnc2=O)c1. The molecule has 17 heavy (non-hydrogen) atoms. The second kappa shape index (κ2) is 5.51. The molecule has 0 saturated carbocycles. The topological polar surface area (TPSA) is 34.9 Å². The van der Waals surface area contributed by atoms with Crippen molar-refractivity contribution in [3.05, 3.63) is 57.2 Å². The van der Waals surface area contributed by atoms with Crippen molar-refractivity contribution in [2.45, 2.75) is 17.7 Å². The molecule has 0 spiro atoms. The Bertz CT molecular complexity index is 583. The van der Waals surface area contributed by atoms with Crippen LogP contribution in [0.2, 0.25) is 0 Å². The van der Waals surface area contributed by atoms with E-state index in [0.29, 0.717) is 5.88 Å². The molecular formula is C12H11BrN2OS. The molecule has 0 radical (unpaired) electrons. The summed E-state index contributed by atoms with van der Waals surface area (Å²) in [5, 5.41) is 0. The molecule has 1 heterocycles. The monoisotopic (exact) mass is 310 g/mol. The third-order valence-corrected chi connectivity index (χ3v) is 3.59. The van der Waals surface area contributed by atoms with Gasteiger partial charge in [-0.2, -0.15) is 0 Å². The van der Waals surface area contributed by atoms with Gasteiger partial charge in [0, 0.05) is 17.3 Å². The molecule has 0 bridgehead atoms. The highest BCUT2D eigenvalue weighted by Crippen LogP contribution is 2.20. The summed E-state index contributed by atoms with van der Waals surface area (Å²) in [6.07, 6.45) is 3.26. The van der Waals surface area contributed by atoms with Crippen LogP contribution in [-0.4, -0.2) is 9.55 Å². The second-order valence-electron chi connectivity index (χ2n) is 3.61. The van der Waals surface area contributed by atoms with Crippen molar-refractivity contribution < 1.29 is 0 Å². The van der Waals surface area contributed by atoms with E-state index >= 15 is 0 Å². The zero-order valence-electron chi connectivity index (χ0n) is 9.26. The van der Waals surface area contributed by atoms with E-state index in [4.69, 9.17) is 0 Å². The number of halogens is 1. The van der Waals surface area contributed by atoms with Crippen LogP contribution in [0.1, 0.15) is 5.56 Å². The van der Waals surface area contributed by atoms with Gasteiger partial charge in [0.25, 0.3) is 0 Å². The number of rotatable bonds is 3. The molecule has 1 aromatic heterocycles. The summed E-state index contributed by atoms with van der Waals surface area (Å²) >= 11 is 4.92. The first-order valence-corrected chi connectivity index (χ1v) is 6.84. The minimum absolute atomic E-state index is 0.228. The van der Waals surface area contributed by atoms with Crippen molar-refractivity contribution in [1.82, 2.24) is 9.55 Å². The molecule has 0 aliphatic carbocycles. The van der Waals surface area contributed by atoms with Crippen LogP contribution in [0.25, 0.3) is 0 Å². The quantitative estimate of drug-likeness (QED) is 0.817. The molecule has 0 atom stereocenters. The Morgan fingerprint density at radius 3 is 3.06 bits per heavy atom. The van der Waals surface area contributed by atoms with E-state index in [9.17, 15) is 4.79 Å². The lowest BCUT2D eigenvalue weighted by molar-refractivity contribution is 0.788. The van der Waals surface area contributed by atoms with E-state index in [1.807, 2.05) is 12.1 Å². The van der Waals surface area contributed by atoms with Crippen molar-refractivity contribution in [2.24, 2.45) is 0 Å². The fourth-order valence-corrected chi connectivity index (χ4v) is 2.64. The number of thioether (sulfide) groups is 1. The average Bonchev–Trinajstić information content (AvgIpc) is 2.30. The molecule has 3 nitrogen and oxygen atoms in total. The number of aromatic nitrogens is 2. The molecule has 5 heteroatoms. The average molecular weight is 311 g/mol. The third-order valence-electron chi connectivity index (χ3n) is 2.18. The highest BCUT2D eigenvalue weighted by Gasteiger charge is 2.00. The molecule has 1 aromatic carbocycles. The van der Waals surface area contributed by atoms with Crippen molar-refractivity contribution in [3.8, 4) is 0 Å². The summed E-state index contributed by atoms with van der Waals surface area (Å²) in [7, 11) is 0. The van der Waals surface area contributed by atoms with Gasteiger partial charge in [-0.1, -0.05) is 17.7 Å². The highest BCUT2D eigenvalue weighted by atomic mass is 79.9. The fourth-order valence-electron chi connectivity index (χ4n) is 1.37. The van der Waals surface area contributed by atoms with E-state index in [0.717, 1.165) is 9.37 Å². The van der Waals surface area contributed by atoms with E-state index in [-0.39, 0.29) is 5.69 Å². The maximum absolute atomic E-state index is 11.5. The summed E-state index contributed by atoms with van der Waals surface area (Å²) in [5.41, 5.74) is 0.989. The van der Waals surface area contributed by atoms with Gasteiger partial charge in [0.15, 0.2) is 0 Å². The fraction of sp³-hybridized carbons (Fsp3) is 0.167. The first-order chi connectivity index (χ1) is 8.15. The molecule has 88 valence electrons. The maximum Gasteiger partial charge on any atom is 0.348 e. The van der Waals surface area contributed by atoms with E-state index in [2.05, 4.69) is 40.0 Å². The summed E-state index contributed by atoms with van der Waals surface area (Å²) in [6.45, 7) is 2.05. The highest BCUT2D eigenvalue weighted by molar-refractivity contribution is 9.10. The van der Waals surface area contributed by atoms with Gasteiger partial charge in [0.2, 0.25) is 0 Å². The Labute approximate surface area is 112 Å². The molecule has 2 rings (SSSR count). The molecule has 0 unspecified atom stereocenters. The normalized spacial score (nSPS) is 10.5. The molecule has 0 aliphatic rings. The lowest BCUT2D eigenvalue weighted by Crippen LogP contribution is -2.20. The maximum atomic E-state index is 11.5. The third kappa shape index (κ3) is 3.44. The largest absolute Gasteiger partial charge is 0.348 e. The van der Waals surface area contributed by atoms with E-state index in [1.54, 1.807) is 22.5 Å². The van der Waals surface area contributed by atoms with Crippen molar-refractivity contribution in [2.75, 3.05) is 0 Å².